The van der Waals surface area contributed by atoms with E-state index in [0.29, 0.717) is 12.0 Å². The first kappa shape index (κ1) is 16.5. The van der Waals surface area contributed by atoms with Crippen LogP contribution in [0.5, 0.6) is 0 Å². The van der Waals surface area contributed by atoms with Gasteiger partial charge in [0.15, 0.2) is 0 Å². The monoisotopic (exact) mass is 298 g/mol. The summed E-state index contributed by atoms with van der Waals surface area (Å²) in [6.45, 7) is 3.45. The number of hydrogen-bond acceptors (Lipinski definition) is 4. The zero-order valence-corrected chi connectivity index (χ0v) is 12.4. The minimum absolute atomic E-state index is 0. The van der Waals surface area contributed by atoms with Gasteiger partial charge >= 0.3 is 5.97 Å². The van der Waals surface area contributed by atoms with Gasteiger partial charge in [-0.15, -0.1) is 12.4 Å². The molecule has 0 fully saturated rings. The topological polar surface area (TPSA) is 67.4 Å². The fraction of sp³-hybridized carbons (Fsp3) is 0.429. The summed E-state index contributed by atoms with van der Waals surface area (Å²) in [5, 5.41) is 5.92. The third-order valence-corrected chi connectivity index (χ3v) is 3.30. The number of halogens is 1. The van der Waals surface area contributed by atoms with Crippen LogP contribution < -0.4 is 10.6 Å². The molecule has 2 rings (SSSR count). The summed E-state index contributed by atoms with van der Waals surface area (Å²) in [5.41, 5.74) is 2.93. The van der Waals surface area contributed by atoms with E-state index in [4.69, 9.17) is 0 Å². The molecule has 0 spiro atoms. The highest BCUT2D eigenvalue weighted by atomic mass is 35.5. The van der Waals surface area contributed by atoms with Gasteiger partial charge in [0.1, 0.15) is 6.04 Å². The summed E-state index contributed by atoms with van der Waals surface area (Å²) in [5.74, 6) is -0.661. The molecule has 0 aliphatic carbocycles. The number of carbonyl (C=O) groups is 2. The molecule has 1 unspecified atom stereocenters. The number of methoxy groups -OCH3 is 1. The molecule has 0 aromatic heterocycles. The van der Waals surface area contributed by atoms with E-state index in [2.05, 4.69) is 15.4 Å². The van der Waals surface area contributed by atoms with Gasteiger partial charge in [0.05, 0.1) is 7.11 Å². The lowest BCUT2D eigenvalue weighted by Gasteiger charge is -2.14. The van der Waals surface area contributed by atoms with Crippen molar-refractivity contribution in [2.24, 2.45) is 0 Å². The fourth-order valence-electron chi connectivity index (χ4n) is 2.15. The molecule has 0 radical (unpaired) electrons. The number of amides is 1. The number of rotatable bonds is 4. The van der Waals surface area contributed by atoms with E-state index in [1.807, 2.05) is 19.1 Å². The second-order valence-electron chi connectivity index (χ2n) is 4.54. The first-order chi connectivity index (χ1) is 9.15. The minimum Gasteiger partial charge on any atom is -0.467 e. The highest BCUT2D eigenvalue weighted by molar-refractivity contribution is 5.97. The van der Waals surface area contributed by atoms with E-state index in [-0.39, 0.29) is 18.3 Å². The molecule has 1 aromatic rings. The van der Waals surface area contributed by atoms with Gasteiger partial charge in [0, 0.05) is 18.7 Å². The molecule has 5 nitrogen and oxygen atoms in total. The number of hydrogen-bond donors (Lipinski definition) is 2. The Morgan fingerprint density at radius 1 is 1.35 bits per heavy atom. The highest BCUT2D eigenvalue weighted by Crippen LogP contribution is 2.17. The van der Waals surface area contributed by atoms with E-state index < -0.39 is 12.0 Å². The normalized spacial score (nSPS) is 13.9. The average molecular weight is 299 g/mol. The van der Waals surface area contributed by atoms with Crippen molar-refractivity contribution < 1.29 is 14.3 Å². The van der Waals surface area contributed by atoms with Gasteiger partial charge in [-0.3, -0.25) is 4.79 Å². The number of esters is 1. The van der Waals surface area contributed by atoms with Crippen LogP contribution in [0.2, 0.25) is 0 Å². The third-order valence-electron chi connectivity index (χ3n) is 3.30. The molecule has 1 aliphatic rings. The molecule has 0 saturated carbocycles. The van der Waals surface area contributed by atoms with Crippen molar-refractivity contribution in [3.63, 3.8) is 0 Å². The quantitative estimate of drug-likeness (QED) is 0.825. The summed E-state index contributed by atoms with van der Waals surface area (Å²) < 4.78 is 4.65. The maximum absolute atomic E-state index is 12.1. The Labute approximate surface area is 124 Å². The van der Waals surface area contributed by atoms with Crippen molar-refractivity contribution >= 4 is 24.3 Å². The van der Waals surface area contributed by atoms with Gasteiger partial charge in [-0.2, -0.15) is 0 Å². The van der Waals surface area contributed by atoms with Gasteiger partial charge in [0.2, 0.25) is 0 Å². The van der Waals surface area contributed by atoms with Crippen molar-refractivity contribution in [1.82, 2.24) is 10.6 Å². The molecule has 1 atom stereocenters. The molecule has 2 N–H and O–H groups in total. The molecule has 0 bridgehead atoms. The van der Waals surface area contributed by atoms with Crippen LogP contribution in [-0.2, 0) is 22.6 Å². The van der Waals surface area contributed by atoms with Gasteiger partial charge in [-0.05, 0) is 29.7 Å². The van der Waals surface area contributed by atoms with Crippen molar-refractivity contribution in [2.75, 3.05) is 7.11 Å². The lowest BCUT2D eigenvalue weighted by atomic mass is 10.1. The number of carbonyl (C=O) groups excluding carboxylic acids is 2. The zero-order valence-electron chi connectivity index (χ0n) is 11.6. The van der Waals surface area contributed by atoms with Crippen molar-refractivity contribution in [3.05, 3.63) is 34.9 Å². The first-order valence-corrected chi connectivity index (χ1v) is 6.37. The van der Waals surface area contributed by atoms with E-state index in [1.165, 1.54) is 12.7 Å². The van der Waals surface area contributed by atoms with E-state index in [9.17, 15) is 9.59 Å². The van der Waals surface area contributed by atoms with Crippen LogP contribution in [0.1, 0.15) is 34.8 Å². The van der Waals surface area contributed by atoms with Gasteiger partial charge in [0.25, 0.3) is 5.91 Å². The molecular formula is C14H19ClN2O3. The summed E-state index contributed by atoms with van der Waals surface area (Å²) in [6.07, 6.45) is 0.505. The Kier molecular flexibility index (Phi) is 5.98. The van der Waals surface area contributed by atoms with Crippen LogP contribution in [0.15, 0.2) is 18.2 Å². The Balaban J connectivity index is 0.00000200. The molecule has 1 aromatic carbocycles. The third kappa shape index (κ3) is 3.49. The molecule has 1 amide bonds. The van der Waals surface area contributed by atoms with Gasteiger partial charge in [-0.25, -0.2) is 4.79 Å². The van der Waals surface area contributed by atoms with Crippen LogP contribution in [0.4, 0.5) is 0 Å². The lowest BCUT2D eigenvalue weighted by molar-refractivity contribution is -0.142. The van der Waals surface area contributed by atoms with Crippen LogP contribution in [-0.4, -0.2) is 25.0 Å². The maximum atomic E-state index is 12.1. The Morgan fingerprint density at radius 3 is 2.70 bits per heavy atom. The highest BCUT2D eigenvalue weighted by Gasteiger charge is 2.21. The Morgan fingerprint density at radius 2 is 2.05 bits per heavy atom. The van der Waals surface area contributed by atoms with Crippen LogP contribution in [0.25, 0.3) is 0 Å². The molecule has 110 valence electrons. The first-order valence-electron chi connectivity index (χ1n) is 6.37. The summed E-state index contributed by atoms with van der Waals surface area (Å²) in [6, 6.07) is 5.01. The second-order valence-corrected chi connectivity index (χ2v) is 4.54. The molecule has 1 heterocycles. The molecular weight excluding hydrogens is 280 g/mol. The largest absolute Gasteiger partial charge is 0.467 e. The SMILES string of the molecule is CCC(NC(=O)c1ccc2c(c1)CNC2)C(=O)OC.Cl. The van der Waals surface area contributed by atoms with Gasteiger partial charge in [-0.1, -0.05) is 13.0 Å². The summed E-state index contributed by atoms with van der Waals surface area (Å²) in [4.78, 5) is 23.5. The predicted octanol–water partition coefficient (Wildman–Crippen LogP) is 1.39. The number of fused-ring (bicyclic) bond motifs is 1. The van der Waals surface area contributed by atoms with E-state index in [0.717, 1.165) is 18.7 Å². The number of benzene rings is 1. The van der Waals surface area contributed by atoms with E-state index >= 15 is 0 Å². The zero-order chi connectivity index (χ0) is 13.8. The van der Waals surface area contributed by atoms with Crippen molar-refractivity contribution in [2.45, 2.75) is 32.5 Å². The number of ether oxygens (including phenoxy) is 1. The molecule has 6 heteroatoms. The van der Waals surface area contributed by atoms with Crippen LogP contribution in [0, 0.1) is 0 Å². The lowest BCUT2D eigenvalue weighted by Crippen LogP contribution is -2.41. The maximum Gasteiger partial charge on any atom is 0.328 e. The molecule has 20 heavy (non-hydrogen) atoms. The predicted molar refractivity (Wildman–Crippen MR) is 77.8 cm³/mol. The average Bonchev–Trinajstić information content (AvgIpc) is 2.90. The smallest absolute Gasteiger partial charge is 0.328 e. The van der Waals surface area contributed by atoms with Gasteiger partial charge < -0.3 is 15.4 Å². The standard InChI is InChI=1S/C14H18N2O3.ClH/c1-3-12(14(18)19-2)16-13(17)9-4-5-10-7-15-8-11(10)6-9;/h4-6,12,15H,3,7-8H2,1-2H3,(H,16,17);1H. The van der Waals surface area contributed by atoms with Crippen LogP contribution in [0.3, 0.4) is 0 Å². The summed E-state index contributed by atoms with van der Waals surface area (Å²) >= 11 is 0. The number of nitrogens with one attached hydrogen (secondary N) is 2. The molecule has 1 aliphatic heterocycles. The Hall–Kier alpha value is -1.59. The second kappa shape index (κ2) is 7.26. The summed E-state index contributed by atoms with van der Waals surface area (Å²) in [7, 11) is 1.32. The van der Waals surface area contributed by atoms with Crippen molar-refractivity contribution in [1.29, 1.82) is 0 Å². The minimum atomic E-state index is -0.594. The van der Waals surface area contributed by atoms with Crippen molar-refractivity contribution in [3.8, 4) is 0 Å². The fourth-order valence-corrected chi connectivity index (χ4v) is 2.15. The van der Waals surface area contributed by atoms with E-state index in [1.54, 1.807) is 6.07 Å². The molecule has 0 saturated heterocycles. The Bertz CT molecular complexity index is 505. The van der Waals surface area contributed by atoms with Crippen LogP contribution >= 0.6 is 12.4 Å².